The van der Waals surface area contributed by atoms with Gasteiger partial charge in [0.1, 0.15) is 0 Å². The molecule has 1 spiro atoms. The molecule has 72 valence electrons. The third-order valence-electron chi connectivity index (χ3n) is 5.55. The summed E-state index contributed by atoms with van der Waals surface area (Å²) in [4.78, 5) is 0. The molecule has 0 heteroatoms. The van der Waals surface area contributed by atoms with Crippen molar-refractivity contribution in [2.45, 2.75) is 51.4 Å². The van der Waals surface area contributed by atoms with Crippen LogP contribution >= 0.6 is 0 Å². The fourth-order valence-electron chi connectivity index (χ4n) is 5.89. The lowest BCUT2D eigenvalue weighted by Crippen LogP contribution is -2.49. The van der Waals surface area contributed by atoms with Gasteiger partial charge in [-0.15, -0.1) is 0 Å². The summed E-state index contributed by atoms with van der Waals surface area (Å²) in [5.41, 5.74) is 0.900. The van der Waals surface area contributed by atoms with Crippen molar-refractivity contribution >= 4 is 0 Å². The van der Waals surface area contributed by atoms with Crippen LogP contribution in [0.4, 0.5) is 0 Å². The molecule has 0 aromatic rings. The molecule has 0 atom stereocenters. The molecule has 0 heterocycles. The van der Waals surface area contributed by atoms with Gasteiger partial charge in [-0.2, -0.15) is 0 Å². The molecule has 0 aliphatic heterocycles. The van der Waals surface area contributed by atoms with Gasteiger partial charge in [-0.05, 0) is 80.5 Å². The molecule has 4 aliphatic rings. The van der Waals surface area contributed by atoms with Crippen LogP contribution in [0.25, 0.3) is 0 Å². The van der Waals surface area contributed by atoms with Crippen LogP contribution in [0.1, 0.15) is 51.4 Å². The van der Waals surface area contributed by atoms with Crippen LogP contribution in [0.15, 0.2) is 0 Å². The van der Waals surface area contributed by atoms with Crippen LogP contribution < -0.4 is 0 Å². The largest absolute Gasteiger partial charge is 0.0475 e. The Bertz CT molecular complexity index is 181. The van der Waals surface area contributed by atoms with Crippen LogP contribution in [-0.2, 0) is 0 Å². The summed E-state index contributed by atoms with van der Waals surface area (Å²) in [6.45, 7) is 0. The minimum absolute atomic E-state index is 0.900. The quantitative estimate of drug-likeness (QED) is 0.529. The van der Waals surface area contributed by atoms with Crippen LogP contribution in [0.3, 0.4) is 0 Å². The molecular weight excluding hydrogens is 156 g/mol. The standard InChI is InChI=1S/C13H20/c1-9-2-11-4-12-3-10(1)6-13(5-9,7-11)8-12/h9-12H,1-8H2. The van der Waals surface area contributed by atoms with Crippen molar-refractivity contribution in [3.8, 4) is 0 Å². The van der Waals surface area contributed by atoms with Gasteiger partial charge in [-0.1, -0.05) is 0 Å². The first kappa shape index (κ1) is 7.31. The Labute approximate surface area is 81.1 Å². The van der Waals surface area contributed by atoms with E-state index >= 15 is 0 Å². The second-order valence-corrected chi connectivity index (χ2v) is 6.72. The first-order valence-corrected chi connectivity index (χ1v) is 6.31. The maximum absolute atomic E-state index is 1.64. The summed E-state index contributed by atoms with van der Waals surface area (Å²) < 4.78 is 0. The van der Waals surface area contributed by atoms with Gasteiger partial charge in [-0.3, -0.25) is 0 Å². The first-order valence-electron chi connectivity index (χ1n) is 6.31. The Morgan fingerprint density at radius 3 is 1.15 bits per heavy atom. The molecule has 0 nitrogen and oxygen atoms in total. The molecule has 4 fully saturated rings. The van der Waals surface area contributed by atoms with E-state index in [1.165, 1.54) is 23.7 Å². The fraction of sp³-hybridized carbons (Fsp3) is 1.00. The molecule has 5 bridgehead atoms. The molecule has 0 saturated heterocycles. The van der Waals surface area contributed by atoms with Gasteiger partial charge < -0.3 is 0 Å². The molecule has 0 N–H and O–H groups in total. The van der Waals surface area contributed by atoms with Gasteiger partial charge in [-0.25, -0.2) is 0 Å². The summed E-state index contributed by atoms with van der Waals surface area (Å²) >= 11 is 0. The third kappa shape index (κ3) is 0.926. The van der Waals surface area contributed by atoms with Crippen LogP contribution in [0.2, 0.25) is 0 Å². The van der Waals surface area contributed by atoms with E-state index in [2.05, 4.69) is 0 Å². The zero-order chi connectivity index (χ0) is 8.47. The average molecular weight is 176 g/mol. The van der Waals surface area contributed by atoms with E-state index in [0.29, 0.717) is 0 Å². The Hall–Kier alpha value is 0. The minimum atomic E-state index is 0.900. The average Bonchev–Trinajstić information content (AvgIpc) is 1.97. The predicted octanol–water partition coefficient (Wildman–Crippen LogP) is 3.61. The van der Waals surface area contributed by atoms with Crippen molar-refractivity contribution in [2.24, 2.45) is 29.1 Å². The van der Waals surface area contributed by atoms with Crippen molar-refractivity contribution in [3.05, 3.63) is 0 Å². The van der Waals surface area contributed by atoms with Gasteiger partial charge in [0.25, 0.3) is 0 Å². The van der Waals surface area contributed by atoms with Crippen LogP contribution in [0.5, 0.6) is 0 Å². The summed E-state index contributed by atoms with van der Waals surface area (Å²) in [6, 6.07) is 0. The van der Waals surface area contributed by atoms with E-state index in [-0.39, 0.29) is 0 Å². The van der Waals surface area contributed by atoms with Crippen LogP contribution in [0, 0.1) is 29.1 Å². The molecule has 4 rings (SSSR count). The molecule has 0 aromatic carbocycles. The Kier molecular flexibility index (Phi) is 1.21. The van der Waals surface area contributed by atoms with E-state index < -0.39 is 0 Å². The summed E-state index contributed by atoms with van der Waals surface area (Å²) in [5, 5.41) is 0. The smallest absolute Gasteiger partial charge is 0.0287 e. The van der Waals surface area contributed by atoms with E-state index in [4.69, 9.17) is 0 Å². The molecular formula is C13H20. The highest BCUT2D eigenvalue weighted by molar-refractivity contribution is 5.04. The first-order chi connectivity index (χ1) is 6.31. The number of hydrogen-bond acceptors (Lipinski definition) is 0. The lowest BCUT2D eigenvalue weighted by molar-refractivity contribution is -0.0921. The SMILES string of the molecule is C1C2CC3CC4CC1CC(C2)(C3)C4. The third-order valence-corrected chi connectivity index (χ3v) is 5.55. The fourth-order valence-corrected chi connectivity index (χ4v) is 5.89. The second kappa shape index (κ2) is 2.15. The molecule has 0 radical (unpaired) electrons. The number of rotatable bonds is 0. The van der Waals surface area contributed by atoms with Crippen molar-refractivity contribution in [1.82, 2.24) is 0 Å². The molecule has 4 aliphatic carbocycles. The zero-order valence-corrected chi connectivity index (χ0v) is 8.47. The monoisotopic (exact) mass is 176 g/mol. The maximum Gasteiger partial charge on any atom is -0.0287 e. The summed E-state index contributed by atoms with van der Waals surface area (Å²) in [5.74, 6) is 4.66. The Morgan fingerprint density at radius 2 is 0.846 bits per heavy atom. The van der Waals surface area contributed by atoms with Crippen molar-refractivity contribution in [3.63, 3.8) is 0 Å². The molecule has 0 unspecified atom stereocenters. The van der Waals surface area contributed by atoms with Gasteiger partial charge in [0, 0.05) is 0 Å². The maximum atomic E-state index is 1.64. The van der Waals surface area contributed by atoms with E-state index in [0.717, 1.165) is 5.41 Å². The summed E-state index contributed by atoms with van der Waals surface area (Å²) in [7, 11) is 0. The van der Waals surface area contributed by atoms with E-state index in [1.807, 2.05) is 0 Å². The molecule has 0 aromatic heterocycles. The number of hydrogen-bond donors (Lipinski definition) is 0. The van der Waals surface area contributed by atoms with Crippen molar-refractivity contribution in [1.29, 1.82) is 0 Å². The minimum Gasteiger partial charge on any atom is -0.0475 e. The van der Waals surface area contributed by atoms with Crippen LogP contribution in [-0.4, -0.2) is 0 Å². The number of fused-ring (bicyclic) bond motifs is 4. The summed E-state index contributed by atoms with van der Waals surface area (Å²) in [6.07, 6.45) is 13.0. The normalized spacial score (nSPS) is 62.8. The lowest BCUT2D eigenvalue weighted by atomic mass is 9.45. The molecule has 13 heavy (non-hydrogen) atoms. The van der Waals surface area contributed by atoms with Gasteiger partial charge in [0.05, 0.1) is 0 Å². The highest BCUT2D eigenvalue weighted by Crippen LogP contribution is 2.64. The van der Waals surface area contributed by atoms with E-state index in [1.54, 1.807) is 51.4 Å². The van der Waals surface area contributed by atoms with Gasteiger partial charge in [0.2, 0.25) is 0 Å². The molecule has 4 saturated carbocycles. The predicted molar refractivity (Wildman–Crippen MR) is 53.3 cm³/mol. The lowest BCUT2D eigenvalue weighted by Gasteiger charge is -2.60. The highest BCUT2D eigenvalue weighted by atomic mass is 14.6. The zero-order valence-electron chi connectivity index (χ0n) is 8.47. The second-order valence-electron chi connectivity index (χ2n) is 6.72. The Morgan fingerprint density at radius 1 is 0.538 bits per heavy atom. The van der Waals surface area contributed by atoms with Crippen molar-refractivity contribution < 1.29 is 0 Å². The van der Waals surface area contributed by atoms with Crippen molar-refractivity contribution in [2.75, 3.05) is 0 Å². The molecule has 0 amide bonds. The van der Waals surface area contributed by atoms with Gasteiger partial charge in [0.15, 0.2) is 0 Å². The Balaban J connectivity index is 1.80. The topological polar surface area (TPSA) is 0 Å². The highest BCUT2D eigenvalue weighted by Gasteiger charge is 2.53. The van der Waals surface area contributed by atoms with Gasteiger partial charge >= 0.3 is 0 Å². The van der Waals surface area contributed by atoms with E-state index in [9.17, 15) is 0 Å².